The standard InChI is InChI=1S/C11H20N2O2/c1-11(2,3)15-10(14)13-9-5-8-4-7(9)6-12-8/h7-9,12H,4-6H2,1-3H3,(H,13,14). The van der Waals surface area contributed by atoms with E-state index >= 15 is 0 Å². The van der Waals surface area contributed by atoms with Crippen molar-refractivity contribution >= 4 is 6.09 Å². The van der Waals surface area contributed by atoms with Crippen molar-refractivity contribution in [1.29, 1.82) is 0 Å². The van der Waals surface area contributed by atoms with Crippen molar-refractivity contribution in [3.05, 3.63) is 0 Å². The third-order valence-electron chi connectivity index (χ3n) is 3.07. The summed E-state index contributed by atoms with van der Waals surface area (Å²) >= 11 is 0. The molecule has 2 aliphatic rings. The van der Waals surface area contributed by atoms with E-state index in [1.54, 1.807) is 0 Å². The van der Waals surface area contributed by atoms with E-state index < -0.39 is 5.60 Å². The lowest BCUT2D eigenvalue weighted by molar-refractivity contribution is 0.0490. The second-order valence-electron chi connectivity index (χ2n) is 5.59. The Hall–Kier alpha value is -0.770. The van der Waals surface area contributed by atoms with E-state index in [4.69, 9.17) is 4.74 Å². The summed E-state index contributed by atoms with van der Waals surface area (Å²) in [6.45, 7) is 6.68. The molecule has 3 unspecified atom stereocenters. The van der Waals surface area contributed by atoms with Crippen LogP contribution in [0.15, 0.2) is 0 Å². The van der Waals surface area contributed by atoms with Crippen molar-refractivity contribution in [2.45, 2.75) is 51.3 Å². The number of fused-ring (bicyclic) bond motifs is 2. The van der Waals surface area contributed by atoms with Gasteiger partial charge in [-0.2, -0.15) is 0 Å². The van der Waals surface area contributed by atoms with Crippen LogP contribution in [-0.2, 0) is 4.74 Å². The van der Waals surface area contributed by atoms with Crippen LogP contribution in [0.2, 0.25) is 0 Å². The molecule has 1 saturated heterocycles. The maximum Gasteiger partial charge on any atom is 0.407 e. The van der Waals surface area contributed by atoms with Crippen LogP contribution in [-0.4, -0.2) is 30.3 Å². The van der Waals surface area contributed by atoms with Gasteiger partial charge in [0.05, 0.1) is 0 Å². The van der Waals surface area contributed by atoms with Gasteiger partial charge in [-0.05, 0) is 39.5 Å². The zero-order chi connectivity index (χ0) is 11.1. The van der Waals surface area contributed by atoms with Crippen LogP contribution in [0.5, 0.6) is 0 Å². The molecular formula is C11H20N2O2. The third-order valence-corrected chi connectivity index (χ3v) is 3.07. The summed E-state index contributed by atoms with van der Waals surface area (Å²) in [7, 11) is 0. The Morgan fingerprint density at radius 1 is 1.40 bits per heavy atom. The van der Waals surface area contributed by atoms with Gasteiger partial charge in [0.15, 0.2) is 0 Å². The molecular weight excluding hydrogens is 192 g/mol. The van der Waals surface area contributed by atoms with Crippen molar-refractivity contribution in [1.82, 2.24) is 10.6 Å². The van der Waals surface area contributed by atoms with Crippen molar-refractivity contribution in [2.75, 3.05) is 6.54 Å². The highest BCUT2D eigenvalue weighted by molar-refractivity contribution is 5.68. The van der Waals surface area contributed by atoms with Gasteiger partial charge in [-0.1, -0.05) is 0 Å². The molecule has 1 amide bonds. The highest BCUT2D eigenvalue weighted by Crippen LogP contribution is 2.31. The first-order chi connectivity index (χ1) is 6.94. The second kappa shape index (κ2) is 3.67. The minimum absolute atomic E-state index is 0.278. The second-order valence-corrected chi connectivity index (χ2v) is 5.59. The number of carbonyl (C=O) groups excluding carboxylic acids is 1. The highest BCUT2D eigenvalue weighted by Gasteiger charge is 2.40. The number of ether oxygens (including phenoxy) is 1. The Kier molecular flexibility index (Phi) is 2.63. The molecule has 2 N–H and O–H groups in total. The lowest BCUT2D eigenvalue weighted by Gasteiger charge is -2.26. The van der Waals surface area contributed by atoms with Gasteiger partial charge < -0.3 is 15.4 Å². The molecule has 2 rings (SSSR count). The first-order valence-electron chi connectivity index (χ1n) is 5.67. The zero-order valence-electron chi connectivity index (χ0n) is 9.67. The average Bonchev–Trinajstić information content (AvgIpc) is 2.60. The van der Waals surface area contributed by atoms with Gasteiger partial charge in [-0.25, -0.2) is 4.79 Å². The molecule has 0 aromatic carbocycles. The Bertz CT molecular complexity index is 260. The molecule has 3 atom stereocenters. The summed E-state index contributed by atoms with van der Waals surface area (Å²) in [6.07, 6.45) is 1.96. The lowest BCUT2D eigenvalue weighted by atomic mass is 10.0. The normalized spacial score (nSPS) is 34.2. The molecule has 0 radical (unpaired) electrons. The van der Waals surface area contributed by atoms with Gasteiger partial charge in [0.1, 0.15) is 5.60 Å². The number of rotatable bonds is 1. The van der Waals surface area contributed by atoms with Crippen LogP contribution in [0.25, 0.3) is 0 Å². The van der Waals surface area contributed by atoms with E-state index in [2.05, 4.69) is 10.6 Å². The van der Waals surface area contributed by atoms with E-state index in [9.17, 15) is 4.79 Å². The number of alkyl carbamates (subject to hydrolysis) is 1. The predicted octanol–water partition coefficient (Wildman–Crippen LogP) is 1.26. The molecule has 2 bridgehead atoms. The van der Waals surface area contributed by atoms with Gasteiger partial charge in [-0.3, -0.25) is 0 Å². The van der Waals surface area contributed by atoms with Crippen LogP contribution < -0.4 is 10.6 Å². The SMILES string of the molecule is CC(C)(C)OC(=O)NC1CC2CC1CN2. The van der Waals surface area contributed by atoms with Crippen LogP contribution in [0.3, 0.4) is 0 Å². The van der Waals surface area contributed by atoms with Gasteiger partial charge in [-0.15, -0.1) is 0 Å². The van der Waals surface area contributed by atoms with Crippen LogP contribution in [0, 0.1) is 5.92 Å². The lowest BCUT2D eigenvalue weighted by Crippen LogP contribution is -2.45. The summed E-state index contributed by atoms with van der Waals surface area (Å²) in [5, 5.41) is 6.38. The molecule has 4 heteroatoms. The predicted molar refractivity (Wildman–Crippen MR) is 57.7 cm³/mol. The van der Waals surface area contributed by atoms with Crippen LogP contribution >= 0.6 is 0 Å². The minimum Gasteiger partial charge on any atom is -0.444 e. The van der Waals surface area contributed by atoms with Gasteiger partial charge >= 0.3 is 6.09 Å². The molecule has 1 aliphatic carbocycles. The number of carbonyl (C=O) groups is 1. The maximum atomic E-state index is 11.5. The fourth-order valence-electron chi connectivity index (χ4n) is 2.47. The molecule has 0 aromatic rings. The number of piperidine rings is 1. The fourth-order valence-corrected chi connectivity index (χ4v) is 2.47. The summed E-state index contributed by atoms with van der Waals surface area (Å²) < 4.78 is 5.24. The highest BCUT2D eigenvalue weighted by atomic mass is 16.6. The Morgan fingerprint density at radius 2 is 2.13 bits per heavy atom. The summed E-state index contributed by atoms with van der Waals surface area (Å²) in [5.41, 5.74) is -0.403. The Balaban J connectivity index is 1.80. The smallest absolute Gasteiger partial charge is 0.407 e. The van der Waals surface area contributed by atoms with Crippen LogP contribution in [0.1, 0.15) is 33.6 Å². The average molecular weight is 212 g/mol. The minimum atomic E-state index is -0.403. The van der Waals surface area contributed by atoms with Crippen molar-refractivity contribution in [3.8, 4) is 0 Å². The number of hydrogen-bond donors (Lipinski definition) is 2. The van der Waals surface area contributed by atoms with E-state index in [1.807, 2.05) is 20.8 Å². The van der Waals surface area contributed by atoms with Crippen molar-refractivity contribution < 1.29 is 9.53 Å². The summed E-state index contributed by atoms with van der Waals surface area (Å²) in [6, 6.07) is 0.918. The quantitative estimate of drug-likeness (QED) is 0.688. The van der Waals surface area contributed by atoms with Crippen molar-refractivity contribution in [3.63, 3.8) is 0 Å². The van der Waals surface area contributed by atoms with Gasteiger partial charge in [0.25, 0.3) is 0 Å². The summed E-state index contributed by atoms with van der Waals surface area (Å²) in [4.78, 5) is 11.5. The molecule has 2 fully saturated rings. The molecule has 0 spiro atoms. The van der Waals surface area contributed by atoms with Crippen molar-refractivity contribution in [2.24, 2.45) is 5.92 Å². The first-order valence-corrected chi connectivity index (χ1v) is 5.67. The maximum absolute atomic E-state index is 11.5. The zero-order valence-corrected chi connectivity index (χ0v) is 9.67. The number of amides is 1. The molecule has 1 aliphatic heterocycles. The third kappa shape index (κ3) is 2.62. The Morgan fingerprint density at radius 3 is 2.60 bits per heavy atom. The molecule has 15 heavy (non-hydrogen) atoms. The molecule has 0 aromatic heterocycles. The summed E-state index contributed by atoms with van der Waals surface area (Å²) in [5.74, 6) is 0.600. The first kappa shape index (κ1) is 10.7. The van der Waals surface area contributed by atoms with E-state index in [1.165, 1.54) is 6.42 Å². The molecule has 4 nitrogen and oxygen atoms in total. The van der Waals surface area contributed by atoms with Gasteiger partial charge in [0.2, 0.25) is 0 Å². The van der Waals surface area contributed by atoms with Gasteiger partial charge in [0, 0.05) is 18.6 Å². The largest absolute Gasteiger partial charge is 0.444 e. The number of hydrogen-bond acceptors (Lipinski definition) is 3. The topological polar surface area (TPSA) is 50.4 Å². The molecule has 1 heterocycles. The molecule has 1 saturated carbocycles. The fraction of sp³-hybridized carbons (Fsp3) is 0.909. The van der Waals surface area contributed by atoms with Crippen LogP contribution in [0.4, 0.5) is 4.79 Å². The Labute approximate surface area is 90.8 Å². The van der Waals surface area contributed by atoms with E-state index in [-0.39, 0.29) is 6.09 Å². The molecule has 86 valence electrons. The van der Waals surface area contributed by atoms with E-state index in [0.29, 0.717) is 18.0 Å². The monoisotopic (exact) mass is 212 g/mol. The number of nitrogens with one attached hydrogen (secondary N) is 2. The van der Waals surface area contributed by atoms with E-state index in [0.717, 1.165) is 13.0 Å².